The first-order valence-electron chi connectivity index (χ1n) is 8.05. The lowest BCUT2D eigenvalue weighted by Crippen LogP contribution is -2.40. The molecule has 3 aromatic rings. The second kappa shape index (κ2) is 6.45. The number of amides is 1. The summed E-state index contributed by atoms with van der Waals surface area (Å²) in [7, 11) is 0. The molecule has 8 nitrogen and oxygen atoms in total. The normalized spacial score (nSPS) is 23.2. The highest BCUT2D eigenvalue weighted by atomic mass is 35.5. The zero-order chi connectivity index (χ0) is 17.4. The van der Waals surface area contributed by atoms with E-state index >= 15 is 0 Å². The van der Waals surface area contributed by atoms with Crippen LogP contribution in [0.3, 0.4) is 0 Å². The van der Waals surface area contributed by atoms with Crippen LogP contribution in [0.4, 0.5) is 0 Å². The number of carbonyl (C=O) groups is 1. The lowest BCUT2D eigenvalue weighted by atomic mass is 10.1. The number of halogens is 1. The fraction of sp³-hybridized carbons (Fsp3) is 0.375. The monoisotopic (exact) mass is 360 g/mol. The molecular weight excluding hydrogens is 344 g/mol. The van der Waals surface area contributed by atoms with E-state index in [2.05, 4.69) is 20.4 Å². The highest BCUT2D eigenvalue weighted by Gasteiger charge is 2.34. The molecule has 3 atom stereocenters. The minimum Gasteiger partial charge on any atom is -0.391 e. The summed E-state index contributed by atoms with van der Waals surface area (Å²) in [5, 5.41) is 17.9. The van der Waals surface area contributed by atoms with Gasteiger partial charge in [-0.25, -0.2) is 9.97 Å². The Morgan fingerprint density at radius 1 is 1.40 bits per heavy atom. The molecule has 3 aromatic heterocycles. The maximum absolute atomic E-state index is 12.4. The van der Waals surface area contributed by atoms with Gasteiger partial charge in [0.2, 0.25) is 5.78 Å². The van der Waals surface area contributed by atoms with Crippen molar-refractivity contribution in [1.82, 2.24) is 29.5 Å². The fourth-order valence-electron chi connectivity index (χ4n) is 3.30. The van der Waals surface area contributed by atoms with E-state index in [4.69, 9.17) is 11.6 Å². The zero-order valence-corrected chi connectivity index (χ0v) is 14.0. The molecule has 0 spiro atoms. The maximum Gasteiger partial charge on any atom is 0.270 e. The molecule has 1 aliphatic rings. The van der Waals surface area contributed by atoms with Crippen LogP contribution in [0.15, 0.2) is 37.1 Å². The van der Waals surface area contributed by atoms with Crippen LogP contribution in [0.5, 0.6) is 0 Å². The Bertz CT molecular complexity index is 907. The molecule has 1 fully saturated rings. The molecular formula is C16H17ClN6O2. The summed E-state index contributed by atoms with van der Waals surface area (Å²) in [5.41, 5.74) is 0.285. The van der Waals surface area contributed by atoms with Crippen LogP contribution in [0, 0.1) is 5.92 Å². The molecule has 130 valence electrons. The van der Waals surface area contributed by atoms with E-state index in [0.29, 0.717) is 30.2 Å². The number of rotatable bonds is 4. The summed E-state index contributed by atoms with van der Waals surface area (Å²) in [6, 6.07) is 1.33. The van der Waals surface area contributed by atoms with Gasteiger partial charge in [-0.1, -0.05) is 11.6 Å². The van der Waals surface area contributed by atoms with Crippen LogP contribution in [0.2, 0.25) is 5.02 Å². The Morgan fingerprint density at radius 2 is 2.28 bits per heavy atom. The maximum atomic E-state index is 12.4. The number of aromatic nitrogens is 5. The number of aliphatic hydroxyl groups excluding tert-OH is 1. The zero-order valence-electron chi connectivity index (χ0n) is 13.3. The first kappa shape index (κ1) is 16.0. The highest BCUT2D eigenvalue weighted by molar-refractivity contribution is 6.30. The second-order valence-electron chi connectivity index (χ2n) is 6.31. The number of nitrogens with zero attached hydrogens (tertiary/aromatic N) is 5. The third-order valence-corrected chi connectivity index (χ3v) is 4.68. The molecule has 1 saturated carbocycles. The van der Waals surface area contributed by atoms with Crippen LogP contribution in [0.1, 0.15) is 23.3 Å². The van der Waals surface area contributed by atoms with Gasteiger partial charge >= 0.3 is 0 Å². The van der Waals surface area contributed by atoms with Crippen molar-refractivity contribution in [3.05, 3.63) is 47.8 Å². The van der Waals surface area contributed by atoms with Crippen molar-refractivity contribution in [3.63, 3.8) is 0 Å². The molecule has 4 rings (SSSR count). The van der Waals surface area contributed by atoms with Crippen LogP contribution in [0.25, 0.3) is 5.78 Å². The Kier molecular flexibility index (Phi) is 4.14. The quantitative estimate of drug-likeness (QED) is 0.727. The standard InChI is InChI=1S/C16H17ClN6O2/c17-11-7-19-23(9-11)8-10-5-13(14(24)6-10)20-15(25)12-1-3-22-4-2-18-16(22)21-12/h1-4,7,9-10,13-14,24H,5-6,8H2,(H,20,25)/t10?,13-,14-/m1/s1. The van der Waals surface area contributed by atoms with Gasteiger partial charge in [0.1, 0.15) is 5.69 Å². The topological polar surface area (TPSA) is 97.3 Å². The third-order valence-electron chi connectivity index (χ3n) is 4.48. The van der Waals surface area contributed by atoms with Crippen molar-refractivity contribution in [1.29, 1.82) is 0 Å². The van der Waals surface area contributed by atoms with Gasteiger partial charge in [-0.3, -0.25) is 13.9 Å². The summed E-state index contributed by atoms with van der Waals surface area (Å²) in [4.78, 5) is 20.7. The first-order chi connectivity index (χ1) is 12.1. The lowest BCUT2D eigenvalue weighted by molar-refractivity contribution is 0.0868. The summed E-state index contributed by atoms with van der Waals surface area (Å²) in [5.74, 6) is 0.379. The molecule has 0 radical (unpaired) electrons. The number of hydrogen-bond acceptors (Lipinski definition) is 5. The molecule has 9 heteroatoms. The summed E-state index contributed by atoms with van der Waals surface area (Å²) in [6.45, 7) is 0.661. The van der Waals surface area contributed by atoms with E-state index in [0.717, 1.165) is 0 Å². The van der Waals surface area contributed by atoms with Crippen molar-refractivity contribution in [2.45, 2.75) is 31.5 Å². The number of fused-ring (bicyclic) bond motifs is 1. The average Bonchev–Trinajstić information content (AvgIpc) is 3.28. The Labute approximate surface area is 148 Å². The number of aliphatic hydroxyl groups is 1. The molecule has 1 unspecified atom stereocenters. The van der Waals surface area contributed by atoms with E-state index in [1.165, 1.54) is 0 Å². The number of imidazole rings is 1. The van der Waals surface area contributed by atoms with Gasteiger partial charge in [-0.15, -0.1) is 0 Å². The molecule has 0 bridgehead atoms. The van der Waals surface area contributed by atoms with Crippen molar-refractivity contribution in [3.8, 4) is 0 Å². The predicted octanol–water partition coefficient (Wildman–Crippen LogP) is 1.15. The van der Waals surface area contributed by atoms with E-state index in [9.17, 15) is 9.90 Å². The van der Waals surface area contributed by atoms with Crippen LogP contribution in [-0.2, 0) is 6.54 Å². The van der Waals surface area contributed by atoms with Crippen LogP contribution < -0.4 is 5.32 Å². The van der Waals surface area contributed by atoms with E-state index in [1.54, 1.807) is 46.1 Å². The molecule has 1 amide bonds. The van der Waals surface area contributed by atoms with Crippen LogP contribution in [-0.4, -0.2) is 47.3 Å². The summed E-state index contributed by atoms with van der Waals surface area (Å²) < 4.78 is 3.49. The third kappa shape index (κ3) is 3.35. The van der Waals surface area contributed by atoms with Gasteiger partial charge in [-0.05, 0) is 24.8 Å². The molecule has 3 heterocycles. The molecule has 0 aliphatic heterocycles. The van der Waals surface area contributed by atoms with Gasteiger partial charge in [0.25, 0.3) is 5.91 Å². The van der Waals surface area contributed by atoms with Crippen LogP contribution >= 0.6 is 11.6 Å². The minimum atomic E-state index is -0.588. The van der Waals surface area contributed by atoms with E-state index < -0.39 is 6.10 Å². The van der Waals surface area contributed by atoms with Gasteiger partial charge in [-0.2, -0.15) is 5.10 Å². The largest absolute Gasteiger partial charge is 0.391 e. The Hall–Kier alpha value is -2.45. The highest BCUT2D eigenvalue weighted by Crippen LogP contribution is 2.28. The summed E-state index contributed by atoms with van der Waals surface area (Å²) in [6.07, 6.45) is 9.15. The molecule has 0 aromatic carbocycles. The van der Waals surface area contributed by atoms with Gasteiger partial charge in [0.05, 0.1) is 23.4 Å². The SMILES string of the molecule is O=C(N[C@@H]1CC(Cn2cc(Cl)cn2)C[C@H]1O)c1ccn2ccnc2n1. The summed E-state index contributed by atoms with van der Waals surface area (Å²) >= 11 is 5.87. The fourth-order valence-corrected chi connectivity index (χ4v) is 3.45. The molecule has 1 aliphatic carbocycles. The van der Waals surface area contributed by atoms with Gasteiger partial charge in [0, 0.05) is 31.3 Å². The second-order valence-corrected chi connectivity index (χ2v) is 6.75. The van der Waals surface area contributed by atoms with Gasteiger partial charge in [0.15, 0.2) is 0 Å². The smallest absolute Gasteiger partial charge is 0.270 e. The number of carbonyl (C=O) groups excluding carboxylic acids is 1. The predicted molar refractivity (Wildman–Crippen MR) is 90.2 cm³/mol. The van der Waals surface area contributed by atoms with Crippen molar-refractivity contribution in [2.75, 3.05) is 0 Å². The average molecular weight is 361 g/mol. The van der Waals surface area contributed by atoms with Crippen molar-refractivity contribution < 1.29 is 9.90 Å². The van der Waals surface area contributed by atoms with Crippen molar-refractivity contribution in [2.24, 2.45) is 5.92 Å². The molecule has 0 saturated heterocycles. The van der Waals surface area contributed by atoms with Crippen molar-refractivity contribution >= 4 is 23.3 Å². The number of nitrogens with one attached hydrogen (secondary N) is 1. The molecule has 25 heavy (non-hydrogen) atoms. The van der Waals surface area contributed by atoms with E-state index in [-0.39, 0.29) is 23.6 Å². The minimum absolute atomic E-state index is 0.221. The first-order valence-corrected chi connectivity index (χ1v) is 8.43. The van der Waals surface area contributed by atoms with Gasteiger partial charge < -0.3 is 10.4 Å². The molecule has 2 N–H and O–H groups in total. The number of hydrogen-bond donors (Lipinski definition) is 2. The lowest BCUT2D eigenvalue weighted by Gasteiger charge is -2.16. The van der Waals surface area contributed by atoms with E-state index in [1.807, 2.05) is 0 Å². The Balaban J connectivity index is 1.40. The Morgan fingerprint density at radius 3 is 3.08 bits per heavy atom.